The summed E-state index contributed by atoms with van der Waals surface area (Å²) in [6.45, 7) is -0.0693. The highest BCUT2D eigenvalue weighted by Crippen LogP contribution is 2.11. The minimum atomic E-state index is -4.12. The Hall–Kier alpha value is -2.87. The number of amides is 1. The molecule has 0 bridgehead atoms. The molecule has 0 aromatic heterocycles. The smallest absolute Gasteiger partial charge is 0.421 e. The van der Waals surface area contributed by atoms with Crippen molar-refractivity contribution in [1.82, 2.24) is 4.72 Å². The summed E-state index contributed by atoms with van der Waals surface area (Å²) in [5.74, 6) is -1.18. The second-order valence-electron chi connectivity index (χ2n) is 4.50. The molecule has 8 heteroatoms. The summed E-state index contributed by atoms with van der Waals surface area (Å²) in [7, 11) is -4.12. The van der Waals surface area contributed by atoms with E-state index in [0.29, 0.717) is 5.56 Å². The number of hydrogen-bond donors (Lipinski definition) is 2. The number of rotatable bonds is 5. The molecule has 0 fully saturated rings. The molecule has 2 aromatic rings. The molecule has 0 aliphatic heterocycles. The van der Waals surface area contributed by atoms with Gasteiger partial charge in [0, 0.05) is 0 Å². The maximum atomic E-state index is 12.0. The van der Waals surface area contributed by atoms with Crippen LogP contribution in [0.25, 0.3) is 0 Å². The Balaban J connectivity index is 1.99. The van der Waals surface area contributed by atoms with Gasteiger partial charge in [-0.15, -0.1) is 0 Å². The average molecular weight is 335 g/mol. The molecule has 120 valence electrons. The van der Waals surface area contributed by atoms with Gasteiger partial charge >= 0.3 is 12.1 Å². The Labute approximate surface area is 132 Å². The molecule has 0 saturated heterocycles. The van der Waals surface area contributed by atoms with Gasteiger partial charge in [-0.3, -0.25) is 0 Å². The van der Waals surface area contributed by atoms with Crippen LogP contribution in [0.1, 0.15) is 15.9 Å². The van der Waals surface area contributed by atoms with Crippen molar-refractivity contribution in [3.63, 3.8) is 0 Å². The van der Waals surface area contributed by atoms with E-state index in [9.17, 15) is 18.0 Å². The summed E-state index contributed by atoms with van der Waals surface area (Å²) in [5, 5.41) is 8.76. The number of carbonyl (C=O) groups excluding carboxylic acids is 1. The second kappa shape index (κ2) is 6.93. The maximum Gasteiger partial charge on any atom is 0.421 e. The van der Waals surface area contributed by atoms with Crippen molar-refractivity contribution in [2.75, 3.05) is 0 Å². The fourth-order valence-electron chi connectivity index (χ4n) is 1.70. The number of ether oxygens (including phenoxy) is 1. The molecule has 23 heavy (non-hydrogen) atoms. The summed E-state index contributed by atoms with van der Waals surface area (Å²) in [4.78, 5) is 22.1. The molecule has 0 heterocycles. The molecule has 0 radical (unpaired) electrons. The zero-order chi connectivity index (χ0) is 16.9. The van der Waals surface area contributed by atoms with E-state index < -0.39 is 22.1 Å². The van der Waals surface area contributed by atoms with Gasteiger partial charge in [-0.25, -0.2) is 22.7 Å². The van der Waals surface area contributed by atoms with Crippen LogP contribution in [0.5, 0.6) is 0 Å². The normalized spacial score (nSPS) is 10.8. The number of benzene rings is 2. The fourth-order valence-corrected chi connectivity index (χ4v) is 2.59. The predicted octanol–water partition coefficient (Wildman–Crippen LogP) is 2.00. The Morgan fingerprint density at radius 1 is 1.00 bits per heavy atom. The number of carboxylic acids is 1. The van der Waals surface area contributed by atoms with Crippen molar-refractivity contribution in [2.45, 2.75) is 11.5 Å². The summed E-state index contributed by atoms with van der Waals surface area (Å²) in [5.41, 5.74) is 0.654. The van der Waals surface area contributed by atoms with Crippen LogP contribution >= 0.6 is 0 Å². The summed E-state index contributed by atoms with van der Waals surface area (Å²) in [6.07, 6.45) is -1.11. The van der Waals surface area contributed by atoms with Crippen LogP contribution in [0.15, 0.2) is 59.5 Å². The van der Waals surface area contributed by atoms with Crippen molar-refractivity contribution in [3.8, 4) is 0 Å². The van der Waals surface area contributed by atoms with Crippen LogP contribution in [-0.2, 0) is 21.4 Å². The molecule has 0 spiro atoms. The lowest BCUT2D eigenvalue weighted by atomic mass is 10.2. The third kappa shape index (κ3) is 4.55. The first-order valence-electron chi connectivity index (χ1n) is 6.45. The van der Waals surface area contributed by atoms with Crippen molar-refractivity contribution >= 4 is 22.1 Å². The standard InChI is InChI=1S/C15H13NO6S/c17-14(18)12-6-8-13(9-7-12)23(20,21)16-15(19)22-10-11-4-2-1-3-5-11/h1-9H,10H2,(H,16,19)(H,17,18). The quantitative estimate of drug-likeness (QED) is 0.865. The van der Waals surface area contributed by atoms with Gasteiger partial charge in [0.25, 0.3) is 10.0 Å². The van der Waals surface area contributed by atoms with Gasteiger partial charge < -0.3 is 9.84 Å². The van der Waals surface area contributed by atoms with Gasteiger partial charge in [-0.2, -0.15) is 0 Å². The first-order chi connectivity index (χ1) is 10.9. The molecule has 0 unspecified atom stereocenters. The zero-order valence-electron chi connectivity index (χ0n) is 11.8. The molecule has 0 aliphatic rings. The lowest BCUT2D eigenvalue weighted by molar-refractivity contribution is 0.0696. The Kier molecular flexibility index (Phi) is 4.97. The molecule has 0 aliphatic carbocycles. The van der Waals surface area contributed by atoms with Gasteiger partial charge in [0.2, 0.25) is 0 Å². The molecule has 1 amide bonds. The predicted molar refractivity (Wildman–Crippen MR) is 80.3 cm³/mol. The van der Waals surface area contributed by atoms with E-state index in [1.165, 1.54) is 0 Å². The highest BCUT2D eigenvalue weighted by molar-refractivity contribution is 7.90. The Morgan fingerprint density at radius 2 is 1.61 bits per heavy atom. The van der Waals surface area contributed by atoms with Gasteiger partial charge in [-0.1, -0.05) is 30.3 Å². The number of sulfonamides is 1. The van der Waals surface area contributed by atoms with Crippen LogP contribution in [0.2, 0.25) is 0 Å². The van der Waals surface area contributed by atoms with Crippen LogP contribution in [0, 0.1) is 0 Å². The summed E-state index contributed by atoms with van der Waals surface area (Å²) in [6, 6.07) is 13.2. The number of carbonyl (C=O) groups is 2. The molecule has 2 aromatic carbocycles. The van der Waals surface area contributed by atoms with E-state index in [-0.39, 0.29) is 17.1 Å². The second-order valence-corrected chi connectivity index (χ2v) is 6.18. The number of nitrogens with one attached hydrogen (secondary N) is 1. The van der Waals surface area contributed by atoms with Crippen molar-refractivity contribution in [1.29, 1.82) is 0 Å². The summed E-state index contributed by atoms with van der Waals surface area (Å²) < 4.78 is 30.5. The molecule has 2 rings (SSSR count). The molecule has 7 nitrogen and oxygen atoms in total. The molecule has 0 atom stereocenters. The summed E-state index contributed by atoms with van der Waals surface area (Å²) >= 11 is 0. The van der Waals surface area contributed by atoms with Crippen LogP contribution in [0.3, 0.4) is 0 Å². The van der Waals surface area contributed by atoms with Gasteiger partial charge in [0.05, 0.1) is 10.5 Å². The lowest BCUT2D eigenvalue weighted by Crippen LogP contribution is -2.31. The fraction of sp³-hybridized carbons (Fsp3) is 0.0667. The van der Waals surface area contributed by atoms with Crippen LogP contribution in [-0.4, -0.2) is 25.6 Å². The largest absolute Gasteiger partial charge is 0.478 e. The van der Waals surface area contributed by atoms with E-state index >= 15 is 0 Å². The van der Waals surface area contributed by atoms with Crippen LogP contribution < -0.4 is 4.72 Å². The Morgan fingerprint density at radius 3 is 2.17 bits per heavy atom. The third-order valence-corrected chi connectivity index (χ3v) is 4.17. The van der Waals surface area contributed by atoms with Gasteiger partial charge in [0.1, 0.15) is 6.61 Å². The number of aromatic carboxylic acids is 1. The van der Waals surface area contributed by atoms with Crippen molar-refractivity contribution in [3.05, 3.63) is 65.7 Å². The van der Waals surface area contributed by atoms with E-state index in [1.54, 1.807) is 35.1 Å². The minimum absolute atomic E-state index is 0.0596. The lowest BCUT2D eigenvalue weighted by Gasteiger charge is -2.08. The highest BCUT2D eigenvalue weighted by Gasteiger charge is 2.19. The number of carboxylic acid groups (broad SMARTS) is 1. The van der Waals surface area contributed by atoms with E-state index in [2.05, 4.69) is 0 Å². The monoisotopic (exact) mass is 335 g/mol. The first kappa shape index (κ1) is 16.5. The molecule has 0 saturated carbocycles. The maximum absolute atomic E-state index is 12.0. The SMILES string of the molecule is O=C(NS(=O)(=O)c1ccc(C(=O)O)cc1)OCc1ccccc1. The third-order valence-electron chi connectivity index (χ3n) is 2.84. The van der Waals surface area contributed by atoms with Crippen molar-refractivity contribution < 1.29 is 27.9 Å². The average Bonchev–Trinajstić information content (AvgIpc) is 2.53. The van der Waals surface area contributed by atoms with E-state index in [1.807, 2.05) is 0 Å². The zero-order valence-corrected chi connectivity index (χ0v) is 12.6. The Bertz CT molecular complexity index is 800. The molecular weight excluding hydrogens is 322 g/mol. The number of hydrogen-bond acceptors (Lipinski definition) is 5. The van der Waals surface area contributed by atoms with Gasteiger partial charge in [-0.05, 0) is 29.8 Å². The highest BCUT2D eigenvalue weighted by atomic mass is 32.2. The van der Waals surface area contributed by atoms with Gasteiger partial charge in [0.15, 0.2) is 0 Å². The molecule has 2 N–H and O–H groups in total. The topological polar surface area (TPSA) is 110 Å². The van der Waals surface area contributed by atoms with Crippen LogP contribution in [0.4, 0.5) is 4.79 Å². The molecular formula is C15H13NO6S. The van der Waals surface area contributed by atoms with Crippen molar-refractivity contribution in [2.24, 2.45) is 0 Å². The van der Waals surface area contributed by atoms with E-state index in [0.717, 1.165) is 24.3 Å². The first-order valence-corrected chi connectivity index (χ1v) is 7.94. The van der Waals surface area contributed by atoms with E-state index in [4.69, 9.17) is 9.84 Å². The minimum Gasteiger partial charge on any atom is -0.478 e.